The fourth-order valence-corrected chi connectivity index (χ4v) is 4.49. The number of rotatable bonds is 6. The second-order valence-corrected chi connectivity index (χ2v) is 8.73. The molecule has 1 atom stereocenters. The highest BCUT2D eigenvalue weighted by Crippen LogP contribution is 2.33. The first-order valence-corrected chi connectivity index (χ1v) is 10.1. The van der Waals surface area contributed by atoms with Crippen molar-refractivity contribution in [1.82, 2.24) is 4.72 Å². The van der Waals surface area contributed by atoms with E-state index in [1.54, 1.807) is 6.07 Å². The molecule has 0 amide bonds. The summed E-state index contributed by atoms with van der Waals surface area (Å²) < 4.78 is 27.3. The van der Waals surface area contributed by atoms with Gasteiger partial charge in [0.2, 0.25) is 10.0 Å². The molecule has 0 fully saturated rings. The summed E-state index contributed by atoms with van der Waals surface area (Å²) in [5, 5.41) is 11.6. The predicted octanol–water partition coefficient (Wildman–Crippen LogP) is 3.14. The Morgan fingerprint density at radius 1 is 1.22 bits per heavy atom. The van der Waals surface area contributed by atoms with Crippen molar-refractivity contribution in [3.05, 3.63) is 68.2 Å². The topological polar surface area (TPSA) is 106 Å². The van der Waals surface area contributed by atoms with Crippen LogP contribution in [0.2, 0.25) is 5.02 Å². The molecule has 0 radical (unpaired) electrons. The van der Waals surface area contributed by atoms with Gasteiger partial charge in [-0.15, -0.1) is 0 Å². The van der Waals surface area contributed by atoms with Crippen molar-refractivity contribution >= 4 is 33.1 Å². The number of nitro groups is 1. The van der Waals surface area contributed by atoms with Crippen LogP contribution in [0.3, 0.4) is 0 Å². The Bertz CT molecular complexity index is 976. The van der Waals surface area contributed by atoms with Crippen LogP contribution >= 0.6 is 11.6 Å². The average Bonchev–Trinajstić information content (AvgIpc) is 3.01. The zero-order chi connectivity index (χ0) is 19.8. The number of hydrogen-bond donors (Lipinski definition) is 1. The van der Waals surface area contributed by atoms with Crippen molar-refractivity contribution < 1.29 is 18.1 Å². The largest absolute Gasteiger partial charge is 0.294 e. The number of fused-ring (bicyclic) bond motifs is 1. The molecule has 27 heavy (non-hydrogen) atoms. The highest BCUT2D eigenvalue weighted by atomic mass is 35.5. The highest BCUT2D eigenvalue weighted by Gasteiger charge is 2.28. The third-order valence-electron chi connectivity index (χ3n) is 4.60. The van der Waals surface area contributed by atoms with Gasteiger partial charge in [0.05, 0.1) is 15.4 Å². The number of ketones is 1. The third kappa shape index (κ3) is 4.18. The molecule has 9 heteroatoms. The summed E-state index contributed by atoms with van der Waals surface area (Å²) >= 11 is 5.78. The SMILES string of the molecule is CC(=O)c1cc2c(cc1[N+](=O)[O-])CC(CNS(=O)(=O)c1ccc(Cl)cc1)C2. The van der Waals surface area contributed by atoms with Crippen LogP contribution in [0.1, 0.15) is 28.4 Å². The molecule has 2 aromatic rings. The van der Waals surface area contributed by atoms with Gasteiger partial charge < -0.3 is 0 Å². The molecule has 0 saturated heterocycles. The molecule has 3 rings (SSSR count). The lowest BCUT2D eigenvalue weighted by molar-refractivity contribution is -0.385. The van der Waals surface area contributed by atoms with E-state index < -0.39 is 14.9 Å². The molecule has 0 saturated carbocycles. The van der Waals surface area contributed by atoms with Crippen LogP contribution < -0.4 is 4.72 Å². The van der Waals surface area contributed by atoms with Gasteiger partial charge in [-0.3, -0.25) is 14.9 Å². The van der Waals surface area contributed by atoms with E-state index in [1.165, 1.54) is 37.3 Å². The molecule has 0 heterocycles. The zero-order valence-electron chi connectivity index (χ0n) is 14.4. The van der Waals surface area contributed by atoms with Gasteiger partial charge in [-0.2, -0.15) is 0 Å². The molecular weight excluding hydrogens is 392 g/mol. The monoisotopic (exact) mass is 408 g/mol. The minimum Gasteiger partial charge on any atom is -0.294 e. The van der Waals surface area contributed by atoms with Crippen molar-refractivity contribution in [2.24, 2.45) is 5.92 Å². The lowest BCUT2D eigenvalue weighted by atomic mass is 10.0. The summed E-state index contributed by atoms with van der Waals surface area (Å²) in [6.07, 6.45) is 1.06. The fourth-order valence-electron chi connectivity index (χ4n) is 3.25. The quantitative estimate of drug-likeness (QED) is 0.449. The average molecular weight is 409 g/mol. The number of carbonyl (C=O) groups excluding carboxylic acids is 1. The van der Waals surface area contributed by atoms with Crippen molar-refractivity contribution in [2.75, 3.05) is 6.54 Å². The summed E-state index contributed by atoms with van der Waals surface area (Å²) in [5.41, 5.74) is 1.51. The van der Waals surface area contributed by atoms with Crippen LogP contribution in [0.25, 0.3) is 0 Å². The number of sulfonamides is 1. The van der Waals surface area contributed by atoms with Crippen molar-refractivity contribution in [3.8, 4) is 0 Å². The maximum absolute atomic E-state index is 12.4. The number of nitro benzene ring substituents is 1. The Balaban J connectivity index is 1.74. The highest BCUT2D eigenvalue weighted by molar-refractivity contribution is 7.89. The van der Waals surface area contributed by atoms with Crippen LogP contribution in [0.4, 0.5) is 5.69 Å². The fraction of sp³-hybridized carbons (Fsp3) is 0.278. The molecule has 0 bridgehead atoms. The first kappa shape index (κ1) is 19.5. The molecule has 1 aliphatic carbocycles. The Morgan fingerprint density at radius 3 is 2.37 bits per heavy atom. The minimum absolute atomic E-state index is 0.0381. The maximum Gasteiger partial charge on any atom is 0.280 e. The Hall–Kier alpha value is -2.29. The lowest BCUT2D eigenvalue weighted by Gasteiger charge is -2.11. The lowest BCUT2D eigenvalue weighted by Crippen LogP contribution is -2.29. The number of hydrogen-bond acceptors (Lipinski definition) is 5. The third-order valence-corrected chi connectivity index (χ3v) is 6.29. The summed E-state index contributed by atoms with van der Waals surface area (Å²) in [5.74, 6) is -0.403. The van der Waals surface area contributed by atoms with Gasteiger partial charge in [0.25, 0.3) is 5.69 Å². The summed E-state index contributed by atoms with van der Waals surface area (Å²) in [6, 6.07) is 8.85. The van der Waals surface area contributed by atoms with Gasteiger partial charge in [-0.05, 0) is 67.1 Å². The van der Waals surface area contributed by atoms with Gasteiger partial charge in [0, 0.05) is 17.6 Å². The predicted molar refractivity (Wildman–Crippen MR) is 101 cm³/mol. The van der Waals surface area contributed by atoms with Crippen molar-refractivity contribution in [3.63, 3.8) is 0 Å². The first-order valence-electron chi connectivity index (χ1n) is 8.23. The first-order chi connectivity index (χ1) is 12.7. The molecule has 0 aromatic heterocycles. The maximum atomic E-state index is 12.4. The molecule has 1 unspecified atom stereocenters. The summed E-state index contributed by atoms with van der Waals surface area (Å²) in [6.45, 7) is 1.49. The van der Waals surface area contributed by atoms with E-state index in [9.17, 15) is 23.3 Å². The Kier molecular flexibility index (Phi) is 5.32. The number of benzene rings is 2. The molecule has 7 nitrogen and oxygen atoms in total. The number of nitrogens with zero attached hydrogens (tertiary/aromatic N) is 1. The van der Waals surface area contributed by atoms with Crippen LogP contribution in [-0.4, -0.2) is 25.7 Å². The Labute approximate surface area is 161 Å². The molecule has 2 aromatic carbocycles. The zero-order valence-corrected chi connectivity index (χ0v) is 16.0. The molecule has 1 aliphatic rings. The summed E-state index contributed by atoms with van der Waals surface area (Å²) in [4.78, 5) is 22.4. The van der Waals surface area contributed by atoms with E-state index in [0.717, 1.165) is 11.1 Å². The number of halogens is 1. The molecule has 0 spiro atoms. The smallest absolute Gasteiger partial charge is 0.280 e. The van der Waals surface area contributed by atoms with E-state index in [1.807, 2.05) is 0 Å². The molecule has 0 aliphatic heterocycles. The van der Waals surface area contributed by atoms with Crippen LogP contribution in [0, 0.1) is 16.0 Å². The van der Waals surface area contributed by atoms with E-state index in [-0.39, 0.29) is 34.4 Å². The van der Waals surface area contributed by atoms with Gasteiger partial charge in [0.1, 0.15) is 0 Å². The number of nitrogens with one attached hydrogen (secondary N) is 1. The van der Waals surface area contributed by atoms with Gasteiger partial charge in [0.15, 0.2) is 5.78 Å². The molecular formula is C18H17ClN2O5S. The van der Waals surface area contributed by atoms with E-state index >= 15 is 0 Å². The van der Waals surface area contributed by atoms with Gasteiger partial charge in [-0.1, -0.05) is 11.6 Å². The minimum atomic E-state index is -3.67. The van der Waals surface area contributed by atoms with Crippen molar-refractivity contribution in [1.29, 1.82) is 0 Å². The van der Waals surface area contributed by atoms with Crippen LogP contribution in [0.15, 0.2) is 41.3 Å². The van der Waals surface area contributed by atoms with Gasteiger partial charge >= 0.3 is 0 Å². The van der Waals surface area contributed by atoms with Gasteiger partial charge in [-0.25, -0.2) is 13.1 Å². The second-order valence-electron chi connectivity index (χ2n) is 6.53. The second kappa shape index (κ2) is 7.38. The standard InChI is InChI=1S/C18H17ClN2O5S/c1-11(22)17-8-13-6-12(7-14(13)9-18(17)21(23)24)10-20-27(25,26)16-4-2-15(19)3-5-16/h2-5,8-9,12,20H,6-7,10H2,1H3. The van der Waals surface area contributed by atoms with Crippen LogP contribution in [-0.2, 0) is 22.9 Å². The van der Waals surface area contributed by atoms with E-state index in [4.69, 9.17) is 11.6 Å². The molecule has 1 N–H and O–H groups in total. The summed E-state index contributed by atoms with van der Waals surface area (Å²) in [7, 11) is -3.67. The van der Waals surface area contributed by atoms with E-state index in [0.29, 0.717) is 17.9 Å². The molecule has 142 valence electrons. The Morgan fingerprint density at radius 2 is 1.81 bits per heavy atom. The number of Topliss-reactive ketones (excluding diaryl/α,β-unsaturated/α-hetero) is 1. The number of carbonyl (C=O) groups is 1. The van der Waals surface area contributed by atoms with E-state index in [2.05, 4.69) is 4.72 Å². The van der Waals surface area contributed by atoms with Crippen molar-refractivity contribution in [2.45, 2.75) is 24.7 Å². The normalized spacial score (nSPS) is 16.1. The van der Waals surface area contributed by atoms with Crippen LogP contribution in [0.5, 0.6) is 0 Å².